The molecule has 16 heavy (non-hydrogen) atoms. The summed E-state index contributed by atoms with van der Waals surface area (Å²) in [5.74, 6) is 1.02. The van der Waals surface area contributed by atoms with Gasteiger partial charge < -0.3 is 5.32 Å². The van der Waals surface area contributed by atoms with E-state index in [1.807, 2.05) is 20.9 Å². The molecular formula is C11H17N3S2. The zero-order valence-electron chi connectivity index (χ0n) is 9.91. The Labute approximate surface area is 105 Å². The molecule has 0 saturated heterocycles. The molecule has 0 amide bonds. The minimum Gasteiger partial charge on any atom is -0.303 e. The number of nitrogens with one attached hydrogen (secondary N) is 1. The number of aromatic nitrogens is 1. The SMILES string of the molecule is CNC(C)(C#N)CCCSc1nc(C)cs1. The van der Waals surface area contributed by atoms with Crippen molar-refractivity contribution in [2.45, 2.75) is 36.6 Å². The van der Waals surface area contributed by atoms with Gasteiger partial charge in [0, 0.05) is 16.8 Å². The van der Waals surface area contributed by atoms with Gasteiger partial charge in [-0.1, -0.05) is 11.8 Å². The van der Waals surface area contributed by atoms with Crippen molar-refractivity contribution in [2.24, 2.45) is 0 Å². The first-order valence-electron chi connectivity index (χ1n) is 5.25. The van der Waals surface area contributed by atoms with Crippen LogP contribution in [-0.4, -0.2) is 23.3 Å². The van der Waals surface area contributed by atoms with Crippen LogP contribution in [0, 0.1) is 18.3 Å². The molecule has 0 bridgehead atoms. The molecule has 1 aromatic rings. The van der Waals surface area contributed by atoms with Gasteiger partial charge >= 0.3 is 0 Å². The van der Waals surface area contributed by atoms with Gasteiger partial charge in [-0.05, 0) is 33.7 Å². The van der Waals surface area contributed by atoms with E-state index in [4.69, 9.17) is 5.26 Å². The Morgan fingerprint density at radius 1 is 1.69 bits per heavy atom. The zero-order valence-corrected chi connectivity index (χ0v) is 11.5. The number of thiazole rings is 1. The predicted molar refractivity (Wildman–Crippen MR) is 69.9 cm³/mol. The summed E-state index contributed by atoms with van der Waals surface area (Å²) in [4.78, 5) is 4.39. The molecule has 1 unspecified atom stereocenters. The second kappa shape index (κ2) is 6.24. The van der Waals surface area contributed by atoms with Crippen molar-refractivity contribution in [2.75, 3.05) is 12.8 Å². The number of nitriles is 1. The number of thioether (sulfide) groups is 1. The van der Waals surface area contributed by atoms with Crippen molar-refractivity contribution in [3.63, 3.8) is 0 Å². The average molecular weight is 255 g/mol. The van der Waals surface area contributed by atoms with E-state index in [9.17, 15) is 0 Å². The van der Waals surface area contributed by atoms with Gasteiger partial charge in [-0.15, -0.1) is 11.3 Å². The van der Waals surface area contributed by atoms with Crippen molar-refractivity contribution in [3.05, 3.63) is 11.1 Å². The van der Waals surface area contributed by atoms with Crippen LogP contribution in [0.25, 0.3) is 0 Å². The van der Waals surface area contributed by atoms with Gasteiger partial charge in [0.05, 0.1) is 6.07 Å². The molecule has 1 rings (SSSR count). The fourth-order valence-electron chi connectivity index (χ4n) is 1.22. The van der Waals surface area contributed by atoms with E-state index in [0.717, 1.165) is 28.6 Å². The van der Waals surface area contributed by atoms with E-state index >= 15 is 0 Å². The topological polar surface area (TPSA) is 48.7 Å². The first-order valence-corrected chi connectivity index (χ1v) is 7.11. The third-order valence-corrected chi connectivity index (χ3v) is 4.67. The van der Waals surface area contributed by atoms with Crippen molar-refractivity contribution in [3.8, 4) is 6.07 Å². The van der Waals surface area contributed by atoms with E-state index in [2.05, 4.69) is 21.8 Å². The van der Waals surface area contributed by atoms with Gasteiger partial charge in [-0.25, -0.2) is 4.98 Å². The summed E-state index contributed by atoms with van der Waals surface area (Å²) < 4.78 is 1.13. The predicted octanol–water partition coefficient (Wildman–Crippen LogP) is 2.83. The Kier molecular flexibility index (Phi) is 5.26. The van der Waals surface area contributed by atoms with E-state index < -0.39 is 0 Å². The first-order chi connectivity index (χ1) is 7.59. The molecular weight excluding hydrogens is 238 g/mol. The Hall–Kier alpha value is -0.570. The molecule has 5 heteroatoms. The van der Waals surface area contributed by atoms with E-state index in [-0.39, 0.29) is 5.54 Å². The maximum Gasteiger partial charge on any atom is 0.150 e. The van der Waals surface area contributed by atoms with Crippen LogP contribution in [0.3, 0.4) is 0 Å². The lowest BCUT2D eigenvalue weighted by Gasteiger charge is -2.19. The van der Waals surface area contributed by atoms with E-state index in [1.165, 1.54) is 0 Å². The van der Waals surface area contributed by atoms with Crippen LogP contribution in [0.15, 0.2) is 9.72 Å². The molecule has 1 heterocycles. The number of nitrogens with zero attached hydrogens (tertiary/aromatic N) is 2. The molecule has 0 aliphatic carbocycles. The van der Waals surface area contributed by atoms with Crippen molar-refractivity contribution in [1.82, 2.24) is 10.3 Å². The van der Waals surface area contributed by atoms with E-state index in [1.54, 1.807) is 23.1 Å². The minimum absolute atomic E-state index is 0.390. The molecule has 88 valence electrons. The van der Waals surface area contributed by atoms with Crippen LogP contribution in [0.5, 0.6) is 0 Å². The minimum atomic E-state index is -0.390. The van der Waals surface area contributed by atoms with Crippen LogP contribution in [0.1, 0.15) is 25.5 Å². The summed E-state index contributed by atoms with van der Waals surface area (Å²) in [5.41, 5.74) is 0.698. The third kappa shape index (κ3) is 4.12. The molecule has 0 aliphatic heterocycles. The van der Waals surface area contributed by atoms with Crippen LogP contribution < -0.4 is 5.32 Å². The summed E-state index contributed by atoms with van der Waals surface area (Å²) in [6.45, 7) is 3.94. The molecule has 0 spiro atoms. The second-order valence-electron chi connectivity index (χ2n) is 3.90. The van der Waals surface area contributed by atoms with Crippen LogP contribution >= 0.6 is 23.1 Å². The summed E-state index contributed by atoms with van der Waals surface area (Å²) in [5, 5.41) is 14.1. The molecule has 1 aromatic heterocycles. The molecule has 1 atom stereocenters. The lowest BCUT2D eigenvalue weighted by atomic mass is 9.99. The number of rotatable bonds is 6. The van der Waals surface area contributed by atoms with Gasteiger partial charge in [-0.2, -0.15) is 5.26 Å². The van der Waals surface area contributed by atoms with Crippen molar-refractivity contribution in [1.29, 1.82) is 5.26 Å². The highest BCUT2D eigenvalue weighted by atomic mass is 32.2. The summed E-state index contributed by atoms with van der Waals surface area (Å²) in [6.07, 6.45) is 1.89. The van der Waals surface area contributed by atoms with Crippen LogP contribution in [-0.2, 0) is 0 Å². The second-order valence-corrected chi connectivity index (χ2v) is 6.10. The average Bonchev–Trinajstić information content (AvgIpc) is 2.70. The van der Waals surface area contributed by atoms with Gasteiger partial charge in [-0.3, -0.25) is 0 Å². The fourth-order valence-corrected chi connectivity index (χ4v) is 3.08. The highest BCUT2D eigenvalue weighted by Crippen LogP contribution is 2.24. The maximum atomic E-state index is 8.98. The molecule has 0 fully saturated rings. The molecule has 3 nitrogen and oxygen atoms in total. The molecule has 0 aromatic carbocycles. The number of aryl methyl sites for hydroxylation is 1. The highest BCUT2D eigenvalue weighted by molar-refractivity contribution is 8.00. The third-order valence-electron chi connectivity index (χ3n) is 2.44. The van der Waals surface area contributed by atoms with Gasteiger partial charge in [0.2, 0.25) is 0 Å². The molecule has 0 radical (unpaired) electrons. The van der Waals surface area contributed by atoms with Crippen LogP contribution in [0.4, 0.5) is 0 Å². The first kappa shape index (κ1) is 13.5. The zero-order chi connectivity index (χ0) is 12.0. The lowest BCUT2D eigenvalue weighted by Crippen LogP contribution is -2.37. The van der Waals surface area contributed by atoms with Gasteiger partial charge in [0.1, 0.15) is 9.88 Å². The largest absolute Gasteiger partial charge is 0.303 e. The van der Waals surface area contributed by atoms with E-state index in [0.29, 0.717) is 0 Å². The summed E-state index contributed by atoms with van der Waals surface area (Å²) in [6, 6.07) is 2.30. The Balaban J connectivity index is 2.24. The molecule has 0 saturated carbocycles. The quantitative estimate of drug-likeness (QED) is 0.627. The summed E-state index contributed by atoms with van der Waals surface area (Å²) in [7, 11) is 1.83. The Morgan fingerprint density at radius 2 is 2.44 bits per heavy atom. The smallest absolute Gasteiger partial charge is 0.150 e. The fraction of sp³-hybridized carbons (Fsp3) is 0.636. The van der Waals surface area contributed by atoms with Crippen LogP contribution in [0.2, 0.25) is 0 Å². The monoisotopic (exact) mass is 255 g/mol. The Morgan fingerprint density at radius 3 is 2.94 bits per heavy atom. The van der Waals surface area contributed by atoms with Gasteiger partial charge in [0.25, 0.3) is 0 Å². The maximum absolute atomic E-state index is 8.98. The molecule has 1 N–H and O–H groups in total. The number of hydrogen-bond acceptors (Lipinski definition) is 5. The lowest BCUT2D eigenvalue weighted by molar-refractivity contribution is 0.451. The molecule has 0 aliphatic rings. The van der Waals surface area contributed by atoms with Crippen molar-refractivity contribution >= 4 is 23.1 Å². The normalized spacial score (nSPS) is 14.4. The summed E-state index contributed by atoms with van der Waals surface area (Å²) >= 11 is 3.46. The number of hydrogen-bond donors (Lipinski definition) is 1. The standard InChI is InChI=1S/C11H17N3S2/c1-9-7-16-10(14-9)15-6-4-5-11(2,8-12)13-3/h7,13H,4-6H2,1-3H3. The van der Waals surface area contributed by atoms with Gasteiger partial charge in [0.15, 0.2) is 0 Å². The van der Waals surface area contributed by atoms with Crippen molar-refractivity contribution < 1.29 is 0 Å². The highest BCUT2D eigenvalue weighted by Gasteiger charge is 2.19. The Bertz CT molecular complexity index is 370.